The summed E-state index contributed by atoms with van der Waals surface area (Å²) >= 11 is 0. The Hall–Kier alpha value is -4.56. The van der Waals surface area contributed by atoms with Gasteiger partial charge in [-0.3, -0.25) is 14.4 Å². The average Bonchev–Trinajstić information content (AvgIpc) is 3.05. The van der Waals surface area contributed by atoms with Crippen molar-refractivity contribution >= 4 is 17.8 Å². The summed E-state index contributed by atoms with van der Waals surface area (Å²) < 4.78 is 19.4. The number of rotatable bonds is 19. The number of amides is 2. The van der Waals surface area contributed by atoms with Crippen LogP contribution in [0.4, 0.5) is 4.39 Å². The van der Waals surface area contributed by atoms with Crippen molar-refractivity contribution in [3.8, 4) is 0 Å². The molecule has 8 heteroatoms. The monoisotopic (exact) mass is 614 g/mol. The van der Waals surface area contributed by atoms with E-state index in [1.165, 1.54) is 12.1 Å². The number of esters is 1. The first-order chi connectivity index (χ1) is 21.8. The quantitative estimate of drug-likeness (QED) is 0.120. The molecule has 0 spiro atoms. The lowest BCUT2D eigenvalue weighted by molar-refractivity contribution is -0.155. The Morgan fingerprint density at radius 2 is 1.49 bits per heavy atom. The van der Waals surface area contributed by atoms with Crippen LogP contribution in [0.25, 0.3) is 0 Å². The summed E-state index contributed by atoms with van der Waals surface area (Å²) in [6.45, 7) is 7.27. The van der Waals surface area contributed by atoms with Gasteiger partial charge in [0.25, 0.3) is 0 Å². The molecule has 0 radical (unpaired) electrons. The van der Waals surface area contributed by atoms with Gasteiger partial charge in [-0.2, -0.15) is 0 Å². The second kappa shape index (κ2) is 19.0. The number of hydrogen-bond donors (Lipinski definition) is 3. The first kappa shape index (κ1) is 34.9. The van der Waals surface area contributed by atoms with Crippen molar-refractivity contribution in [1.29, 1.82) is 0 Å². The molecule has 0 bridgehead atoms. The number of ether oxygens (including phenoxy) is 1. The van der Waals surface area contributed by atoms with Gasteiger partial charge in [0, 0.05) is 6.42 Å². The molecular formula is C37H43FN2O5. The van der Waals surface area contributed by atoms with Crippen molar-refractivity contribution in [2.75, 3.05) is 13.2 Å². The van der Waals surface area contributed by atoms with Gasteiger partial charge in [-0.25, -0.2) is 4.39 Å². The predicted octanol–water partition coefficient (Wildman–Crippen LogP) is 5.65. The standard InChI is InChI=1S/C37H43FN2O5/c1-3-5-15-31(22-28-18-20-32(38)21-19-28)37(44)45-34(29-16-10-7-11-17-29)25-39-36(43)30(12-4-2)24-35(42)40-33(26-41)23-27-13-8-6-9-14-27/h3-4,6-11,13-14,16-21,30-31,33-34,41H,1-2,5,12,15,22-26H2,(H,39,43)(H,40,42)/t30-,31-,33-,34+/m0/s1. The Morgan fingerprint density at radius 1 is 0.844 bits per heavy atom. The Kier molecular flexibility index (Phi) is 14.7. The molecule has 45 heavy (non-hydrogen) atoms. The normalized spacial score (nSPS) is 13.5. The summed E-state index contributed by atoms with van der Waals surface area (Å²) in [6.07, 6.45) is 4.64. The fraction of sp³-hybridized carbons (Fsp3) is 0.324. The third-order valence-corrected chi connectivity index (χ3v) is 7.50. The molecule has 3 rings (SSSR count). The zero-order valence-corrected chi connectivity index (χ0v) is 25.6. The van der Waals surface area contributed by atoms with Crippen LogP contribution in [-0.2, 0) is 32.0 Å². The molecule has 0 aliphatic carbocycles. The van der Waals surface area contributed by atoms with Gasteiger partial charge in [0.2, 0.25) is 11.8 Å². The molecule has 0 aliphatic heterocycles. The van der Waals surface area contributed by atoms with Crippen molar-refractivity contribution in [2.24, 2.45) is 11.8 Å². The van der Waals surface area contributed by atoms with E-state index < -0.39 is 30.0 Å². The molecule has 0 saturated carbocycles. The van der Waals surface area contributed by atoms with Crippen LogP contribution in [0.5, 0.6) is 0 Å². The zero-order valence-electron chi connectivity index (χ0n) is 25.6. The molecule has 0 aromatic heterocycles. The highest BCUT2D eigenvalue weighted by Gasteiger charge is 2.27. The van der Waals surface area contributed by atoms with Crippen LogP contribution in [0.3, 0.4) is 0 Å². The highest BCUT2D eigenvalue weighted by Crippen LogP contribution is 2.23. The summed E-state index contributed by atoms with van der Waals surface area (Å²) in [5, 5.41) is 15.5. The molecule has 7 nitrogen and oxygen atoms in total. The van der Waals surface area contributed by atoms with Crippen LogP contribution < -0.4 is 10.6 Å². The van der Waals surface area contributed by atoms with E-state index in [1.807, 2.05) is 60.7 Å². The van der Waals surface area contributed by atoms with E-state index in [-0.39, 0.29) is 43.6 Å². The second-order valence-corrected chi connectivity index (χ2v) is 11.0. The van der Waals surface area contributed by atoms with Crippen LogP contribution in [0.15, 0.2) is 110 Å². The number of benzene rings is 3. The minimum absolute atomic E-state index is 0.00183. The third-order valence-electron chi connectivity index (χ3n) is 7.50. The number of aliphatic hydroxyl groups is 1. The summed E-state index contributed by atoms with van der Waals surface area (Å²) in [7, 11) is 0. The van der Waals surface area contributed by atoms with E-state index in [1.54, 1.807) is 24.3 Å². The van der Waals surface area contributed by atoms with Gasteiger partial charge in [0.15, 0.2) is 0 Å². The Balaban J connectivity index is 1.66. The summed E-state index contributed by atoms with van der Waals surface area (Å²) in [4.78, 5) is 39.7. The van der Waals surface area contributed by atoms with Gasteiger partial charge < -0.3 is 20.5 Å². The molecule has 4 atom stereocenters. The van der Waals surface area contributed by atoms with Gasteiger partial charge in [0.05, 0.1) is 31.0 Å². The predicted molar refractivity (Wildman–Crippen MR) is 173 cm³/mol. The second-order valence-electron chi connectivity index (χ2n) is 11.0. The number of nitrogens with one attached hydrogen (secondary N) is 2. The van der Waals surface area contributed by atoms with Crippen LogP contribution in [0.2, 0.25) is 0 Å². The third kappa shape index (κ3) is 12.2. The number of carbonyl (C=O) groups excluding carboxylic acids is 3. The summed E-state index contributed by atoms with van der Waals surface area (Å²) in [5.41, 5.74) is 2.49. The highest BCUT2D eigenvalue weighted by molar-refractivity contribution is 5.86. The van der Waals surface area contributed by atoms with E-state index in [0.717, 1.165) is 11.1 Å². The van der Waals surface area contributed by atoms with Crippen LogP contribution in [0, 0.1) is 17.7 Å². The summed E-state index contributed by atoms with van der Waals surface area (Å²) in [5.74, 6) is -2.72. The van der Waals surface area contributed by atoms with Crippen molar-refractivity contribution in [2.45, 2.75) is 50.7 Å². The zero-order chi connectivity index (χ0) is 32.4. The van der Waals surface area contributed by atoms with E-state index >= 15 is 0 Å². The van der Waals surface area contributed by atoms with Crippen molar-refractivity contribution in [3.63, 3.8) is 0 Å². The molecule has 0 fully saturated rings. The fourth-order valence-corrected chi connectivity index (χ4v) is 5.05. The van der Waals surface area contributed by atoms with Gasteiger partial charge >= 0.3 is 5.97 Å². The maximum atomic E-state index is 13.5. The molecule has 0 saturated heterocycles. The van der Waals surface area contributed by atoms with Gasteiger partial charge in [-0.1, -0.05) is 84.9 Å². The molecule has 3 aromatic carbocycles. The molecule has 0 unspecified atom stereocenters. The highest BCUT2D eigenvalue weighted by atomic mass is 19.1. The van der Waals surface area contributed by atoms with Crippen molar-refractivity contribution in [1.82, 2.24) is 10.6 Å². The lowest BCUT2D eigenvalue weighted by atomic mass is 9.94. The maximum absolute atomic E-state index is 13.5. The smallest absolute Gasteiger partial charge is 0.309 e. The number of aliphatic hydroxyl groups excluding tert-OH is 1. The molecule has 0 aliphatic rings. The van der Waals surface area contributed by atoms with Crippen LogP contribution in [0.1, 0.15) is 48.5 Å². The minimum Gasteiger partial charge on any atom is -0.455 e. The Labute approximate surface area is 265 Å². The van der Waals surface area contributed by atoms with Crippen LogP contribution >= 0.6 is 0 Å². The van der Waals surface area contributed by atoms with Gasteiger partial charge in [0.1, 0.15) is 11.9 Å². The van der Waals surface area contributed by atoms with E-state index in [0.29, 0.717) is 31.2 Å². The minimum atomic E-state index is -0.773. The lowest BCUT2D eigenvalue weighted by Crippen LogP contribution is -2.42. The van der Waals surface area contributed by atoms with Crippen LogP contribution in [-0.4, -0.2) is 42.1 Å². The number of halogens is 1. The molecule has 238 valence electrons. The first-order valence-electron chi connectivity index (χ1n) is 15.3. The number of hydrogen-bond acceptors (Lipinski definition) is 5. The van der Waals surface area contributed by atoms with E-state index in [4.69, 9.17) is 4.74 Å². The van der Waals surface area contributed by atoms with Gasteiger partial charge in [-0.05, 0) is 60.9 Å². The molecule has 0 heterocycles. The fourth-order valence-electron chi connectivity index (χ4n) is 5.05. The first-order valence-corrected chi connectivity index (χ1v) is 15.3. The Bertz CT molecular complexity index is 1360. The SMILES string of the molecule is C=CCC[C@@H](Cc1ccc(F)cc1)C(=O)O[C@H](CNC(=O)[C@@H](CC=C)CC(=O)N[C@H](CO)Cc1ccccc1)c1ccccc1. The van der Waals surface area contributed by atoms with Crippen molar-refractivity contribution < 1.29 is 28.6 Å². The number of allylic oxidation sites excluding steroid dienone is 2. The lowest BCUT2D eigenvalue weighted by Gasteiger charge is -2.24. The molecule has 2 amide bonds. The molecule has 3 N–H and O–H groups in total. The molecule has 3 aromatic rings. The number of carbonyl (C=O) groups is 3. The average molecular weight is 615 g/mol. The van der Waals surface area contributed by atoms with Crippen molar-refractivity contribution in [3.05, 3.63) is 133 Å². The van der Waals surface area contributed by atoms with E-state index in [2.05, 4.69) is 23.8 Å². The maximum Gasteiger partial charge on any atom is 0.309 e. The summed E-state index contributed by atoms with van der Waals surface area (Å²) in [6, 6.07) is 24.2. The molecular weight excluding hydrogens is 571 g/mol. The Morgan fingerprint density at radius 3 is 2.11 bits per heavy atom. The largest absolute Gasteiger partial charge is 0.455 e. The topological polar surface area (TPSA) is 105 Å². The van der Waals surface area contributed by atoms with Gasteiger partial charge in [-0.15, -0.1) is 13.2 Å². The van der Waals surface area contributed by atoms with E-state index in [9.17, 15) is 23.9 Å².